The lowest BCUT2D eigenvalue weighted by Crippen LogP contribution is -2.48. The fraction of sp³-hybridized carbons (Fsp3) is 0.700. The summed E-state index contributed by atoms with van der Waals surface area (Å²) in [6, 6.07) is 0.00903. The Morgan fingerprint density at radius 1 is 1.38 bits per heavy atom. The van der Waals surface area contributed by atoms with E-state index in [9.17, 15) is 9.90 Å². The lowest BCUT2D eigenvalue weighted by Gasteiger charge is -2.36. The highest BCUT2D eigenvalue weighted by Crippen LogP contribution is 2.36. The van der Waals surface area contributed by atoms with E-state index in [2.05, 4.69) is 35.6 Å². The molecule has 2 aromatic rings. The predicted molar refractivity (Wildman–Crippen MR) is 112 cm³/mol. The van der Waals surface area contributed by atoms with Crippen LogP contribution in [-0.4, -0.2) is 67.4 Å². The third kappa shape index (κ3) is 3.82. The SMILES string of the molecule is CCn1c(N(C)C(C)C)nc2c(OC3CCN(C(=O)O)C3C(C)(C)C)ncnc21. The molecule has 9 nitrogen and oxygen atoms in total. The van der Waals surface area contributed by atoms with Gasteiger partial charge in [0.2, 0.25) is 11.8 Å². The van der Waals surface area contributed by atoms with Gasteiger partial charge >= 0.3 is 6.09 Å². The van der Waals surface area contributed by atoms with Gasteiger partial charge in [0.1, 0.15) is 12.4 Å². The van der Waals surface area contributed by atoms with Crippen molar-refractivity contribution >= 4 is 23.2 Å². The molecule has 1 aliphatic heterocycles. The molecule has 0 spiro atoms. The van der Waals surface area contributed by atoms with E-state index in [1.54, 1.807) is 0 Å². The summed E-state index contributed by atoms with van der Waals surface area (Å²) in [7, 11) is 2.00. The van der Waals surface area contributed by atoms with E-state index < -0.39 is 6.09 Å². The molecule has 29 heavy (non-hydrogen) atoms. The van der Waals surface area contributed by atoms with Crippen LogP contribution in [0.3, 0.4) is 0 Å². The Morgan fingerprint density at radius 3 is 2.62 bits per heavy atom. The molecule has 160 valence electrons. The molecule has 1 saturated heterocycles. The maximum atomic E-state index is 11.7. The maximum absolute atomic E-state index is 11.7. The van der Waals surface area contributed by atoms with E-state index in [-0.39, 0.29) is 23.6 Å². The first-order valence-corrected chi connectivity index (χ1v) is 10.2. The first kappa shape index (κ1) is 21.1. The third-order valence-electron chi connectivity index (χ3n) is 5.62. The van der Waals surface area contributed by atoms with Gasteiger partial charge in [-0.15, -0.1) is 0 Å². The van der Waals surface area contributed by atoms with Crippen molar-refractivity contribution < 1.29 is 14.6 Å². The molecule has 1 N–H and O–H groups in total. The van der Waals surface area contributed by atoms with Crippen molar-refractivity contribution in [3.05, 3.63) is 6.33 Å². The monoisotopic (exact) mass is 404 g/mol. The molecule has 0 bridgehead atoms. The van der Waals surface area contributed by atoms with Gasteiger partial charge in [-0.25, -0.2) is 14.8 Å². The summed E-state index contributed by atoms with van der Waals surface area (Å²) in [6.07, 6.45) is 0.899. The van der Waals surface area contributed by atoms with Crippen LogP contribution >= 0.6 is 0 Å². The highest BCUT2D eigenvalue weighted by atomic mass is 16.5. The average molecular weight is 405 g/mol. The minimum atomic E-state index is -0.917. The largest absolute Gasteiger partial charge is 0.470 e. The molecule has 0 aliphatic carbocycles. The lowest BCUT2D eigenvalue weighted by atomic mass is 9.84. The van der Waals surface area contributed by atoms with Gasteiger partial charge in [-0.05, 0) is 26.2 Å². The number of anilines is 1. The molecule has 0 radical (unpaired) electrons. The van der Waals surface area contributed by atoms with Crippen LogP contribution in [0.25, 0.3) is 11.2 Å². The van der Waals surface area contributed by atoms with Crippen LogP contribution < -0.4 is 9.64 Å². The van der Waals surface area contributed by atoms with Gasteiger partial charge in [0.15, 0.2) is 11.2 Å². The molecule has 0 aromatic carbocycles. The Kier molecular flexibility index (Phi) is 5.60. The normalized spacial score (nSPS) is 19.9. The number of hydrogen-bond acceptors (Lipinski definition) is 6. The molecule has 2 aromatic heterocycles. The minimum absolute atomic E-state index is 0.266. The molecule has 9 heteroatoms. The first-order valence-electron chi connectivity index (χ1n) is 10.2. The van der Waals surface area contributed by atoms with E-state index in [4.69, 9.17) is 9.72 Å². The number of carboxylic acid groups (broad SMARTS) is 1. The Morgan fingerprint density at radius 2 is 2.07 bits per heavy atom. The Bertz CT molecular complexity index is 888. The highest BCUT2D eigenvalue weighted by molar-refractivity contribution is 5.79. The van der Waals surface area contributed by atoms with Gasteiger partial charge in [0.05, 0.1) is 6.04 Å². The fourth-order valence-electron chi connectivity index (χ4n) is 4.05. The number of fused-ring (bicyclic) bond motifs is 1. The zero-order valence-electron chi connectivity index (χ0n) is 18.4. The summed E-state index contributed by atoms with van der Waals surface area (Å²) in [6.45, 7) is 13.5. The number of rotatable bonds is 5. The van der Waals surface area contributed by atoms with Crippen molar-refractivity contribution in [3.63, 3.8) is 0 Å². The highest BCUT2D eigenvalue weighted by Gasteiger charge is 2.45. The molecule has 1 fully saturated rings. The van der Waals surface area contributed by atoms with Crippen molar-refractivity contribution in [2.75, 3.05) is 18.5 Å². The number of imidazole rings is 1. The summed E-state index contributed by atoms with van der Waals surface area (Å²) in [5, 5.41) is 9.61. The fourth-order valence-corrected chi connectivity index (χ4v) is 4.05. The minimum Gasteiger partial charge on any atom is -0.470 e. The zero-order chi connectivity index (χ0) is 21.5. The zero-order valence-corrected chi connectivity index (χ0v) is 18.4. The van der Waals surface area contributed by atoms with E-state index in [0.29, 0.717) is 24.4 Å². The second-order valence-corrected chi connectivity index (χ2v) is 8.94. The lowest BCUT2D eigenvalue weighted by molar-refractivity contribution is 0.0558. The molecule has 3 heterocycles. The van der Waals surface area contributed by atoms with Gasteiger partial charge in [-0.3, -0.25) is 4.57 Å². The molecule has 1 aliphatic rings. The van der Waals surface area contributed by atoms with E-state index in [1.807, 2.05) is 32.4 Å². The standard InChI is InChI=1S/C20H32N6O3/c1-8-25-16-14(23-18(25)24(7)12(2)3)17(22-11-21-16)29-13-9-10-26(19(27)28)15(13)20(4,5)6/h11-13,15H,8-10H2,1-7H3,(H,27,28). The number of aromatic nitrogens is 4. The van der Waals surface area contributed by atoms with Crippen molar-refractivity contribution in [2.45, 2.75) is 72.7 Å². The van der Waals surface area contributed by atoms with Gasteiger partial charge in [0.25, 0.3) is 0 Å². The second-order valence-electron chi connectivity index (χ2n) is 8.94. The van der Waals surface area contributed by atoms with Gasteiger partial charge < -0.3 is 19.6 Å². The second kappa shape index (κ2) is 7.68. The van der Waals surface area contributed by atoms with E-state index in [1.165, 1.54) is 11.2 Å². The van der Waals surface area contributed by atoms with Crippen LogP contribution in [0, 0.1) is 5.41 Å². The average Bonchev–Trinajstić information content (AvgIpc) is 3.22. The van der Waals surface area contributed by atoms with Crippen molar-refractivity contribution in [2.24, 2.45) is 5.41 Å². The van der Waals surface area contributed by atoms with Crippen molar-refractivity contribution in [1.82, 2.24) is 24.4 Å². The van der Waals surface area contributed by atoms with E-state index >= 15 is 0 Å². The van der Waals surface area contributed by atoms with Crippen LogP contribution in [-0.2, 0) is 6.54 Å². The van der Waals surface area contributed by atoms with Crippen LogP contribution in [0.4, 0.5) is 10.7 Å². The molecular formula is C20H32N6O3. The molecule has 3 rings (SSSR count). The Labute approximate surface area is 171 Å². The van der Waals surface area contributed by atoms with E-state index in [0.717, 1.165) is 18.1 Å². The van der Waals surface area contributed by atoms with Crippen LogP contribution in [0.5, 0.6) is 5.88 Å². The predicted octanol–water partition coefficient (Wildman–Crippen LogP) is 3.24. The number of aryl methyl sites for hydroxylation is 1. The summed E-state index contributed by atoms with van der Waals surface area (Å²) in [5.41, 5.74) is 1.07. The smallest absolute Gasteiger partial charge is 0.407 e. The number of hydrogen-bond donors (Lipinski definition) is 1. The maximum Gasteiger partial charge on any atom is 0.407 e. The van der Waals surface area contributed by atoms with Gasteiger partial charge in [-0.1, -0.05) is 20.8 Å². The molecule has 2 atom stereocenters. The molecule has 2 unspecified atom stereocenters. The van der Waals surface area contributed by atoms with Crippen molar-refractivity contribution in [1.29, 1.82) is 0 Å². The van der Waals surface area contributed by atoms with Crippen molar-refractivity contribution in [3.8, 4) is 5.88 Å². The summed E-state index contributed by atoms with van der Waals surface area (Å²) >= 11 is 0. The molecule has 1 amide bonds. The number of ether oxygens (including phenoxy) is 1. The Hall–Kier alpha value is -2.58. The number of amides is 1. The quantitative estimate of drug-likeness (QED) is 0.817. The topological polar surface area (TPSA) is 96.6 Å². The van der Waals surface area contributed by atoms with Crippen LogP contribution in [0.15, 0.2) is 6.33 Å². The molecular weight excluding hydrogens is 372 g/mol. The summed E-state index contributed by atoms with van der Waals surface area (Å²) in [5.74, 6) is 1.22. The summed E-state index contributed by atoms with van der Waals surface area (Å²) in [4.78, 5) is 28.9. The number of likely N-dealkylation sites (tertiary alicyclic amines) is 1. The van der Waals surface area contributed by atoms with Gasteiger partial charge in [0, 0.05) is 32.6 Å². The number of carbonyl (C=O) groups is 1. The van der Waals surface area contributed by atoms with Crippen LogP contribution in [0.2, 0.25) is 0 Å². The van der Waals surface area contributed by atoms with Gasteiger partial charge in [-0.2, -0.15) is 4.98 Å². The molecule has 0 saturated carbocycles. The first-order chi connectivity index (χ1) is 13.6. The number of nitrogens with zero attached hydrogens (tertiary/aromatic N) is 6. The van der Waals surface area contributed by atoms with Crippen LogP contribution in [0.1, 0.15) is 48.0 Å². The third-order valence-corrected chi connectivity index (χ3v) is 5.62. The Balaban J connectivity index is 2.01. The summed E-state index contributed by atoms with van der Waals surface area (Å²) < 4.78 is 8.36.